The molecule has 0 radical (unpaired) electrons. The highest BCUT2D eigenvalue weighted by Crippen LogP contribution is 2.11. The Morgan fingerprint density at radius 2 is 1.95 bits per heavy atom. The number of hydrogen-bond acceptors (Lipinski definition) is 4. The lowest BCUT2D eigenvalue weighted by atomic mass is 10.2. The number of aryl methyl sites for hydroxylation is 2. The molecule has 0 bridgehead atoms. The zero-order valence-corrected chi connectivity index (χ0v) is 12.3. The van der Waals surface area contributed by atoms with E-state index >= 15 is 0 Å². The van der Waals surface area contributed by atoms with Crippen molar-refractivity contribution in [1.29, 1.82) is 0 Å². The van der Waals surface area contributed by atoms with Gasteiger partial charge in [-0.15, -0.1) is 0 Å². The van der Waals surface area contributed by atoms with Gasteiger partial charge in [-0.05, 0) is 36.8 Å². The van der Waals surface area contributed by atoms with Crippen LogP contribution in [0.2, 0.25) is 0 Å². The Kier molecular flexibility index (Phi) is 5.59. The van der Waals surface area contributed by atoms with E-state index in [0.29, 0.717) is 12.2 Å². The highest BCUT2D eigenvalue weighted by Gasteiger charge is 2.07. The predicted octanol–water partition coefficient (Wildman–Crippen LogP) is 1.75. The van der Waals surface area contributed by atoms with Crippen LogP contribution in [-0.4, -0.2) is 18.4 Å². The molecule has 116 valence electrons. The Morgan fingerprint density at radius 3 is 2.68 bits per heavy atom. The summed E-state index contributed by atoms with van der Waals surface area (Å²) >= 11 is 0. The van der Waals surface area contributed by atoms with Crippen molar-refractivity contribution < 1.29 is 18.7 Å². The average Bonchev–Trinajstić information content (AvgIpc) is 3.02. The summed E-state index contributed by atoms with van der Waals surface area (Å²) in [6, 6.07) is 10.9. The van der Waals surface area contributed by atoms with Crippen LogP contribution in [0.5, 0.6) is 5.75 Å². The maximum atomic E-state index is 11.6. The fourth-order valence-corrected chi connectivity index (χ4v) is 1.78. The molecule has 0 saturated heterocycles. The molecule has 0 aliphatic carbocycles. The Morgan fingerprint density at radius 1 is 1.14 bits per heavy atom. The maximum absolute atomic E-state index is 11.6. The molecule has 2 aromatic rings. The zero-order valence-electron chi connectivity index (χ0n) is 12.3. The number of hydrogen-bond donors (Lipinski definition) is 2. The second-order valence-corrected chi connectivity index (χ2v) is 4.78. The van der Waals surface area contributed by atoms with Gasteiger partial charge < -0.3 is 9.15 Å². The number of carbonyl (C=O) groups is 2. The Labute approximate surface area is 128 Å². The Hall–Kier alpha value is -2.76. The van der Waals surface area contributed by atoms with Gasteiger partial charge >= 0.3 is 0 Å². The van der Waals surface area contributed by atoms with E-state index in [2.05, 4.69) is 10.9 Å². The molecule has 0 fully saturated rings. The van der Waals surface area contributed by atoms with Gasteiger partial charge in [-0.2, -0.15) is 0 Å². The number of nitrogens with one attached hydrogen (secondary N) is 2. The summed E-state index contributed by atoms with van der Waals surface area (Å²) in [7, 11) is 0. The van der Waals surface area contributed by atoms with E-state index in [1.54, 1.807) is 24.5 Å². The monoisotopic (exact) mass is 302 g/mol. The van der Waals surface area contributed by atoms with Crippen LogP contribution in [0.25, 0.3) is 0 Å². The van der Waals surface area contributed by atoms with E-state index in [9.17, 15) is 9.59 Å². The van der Waals surface area contributed by atoms with Crippen LogP contribution in [0.1, 0.15) is 17.7 Å². The van der Waals surface area contributed by atoms with Crippen molar-refractivity contribution in [1.82, 2.24) is 10.9 Å². The van der Waals surface area contributed by atoms with Gasteiger partial charge in [-0.3, -0.25) is 20.4 Å². The van der Waals surface area contributed by atoms with Crippen molar-refractivity contribution >= 4 is 11.8 Å². The number of hydrazine groups is 1. The number of rotatable bonds is 6. The molecule has 0 atom stereocenters. The van der Waals surface area contributed by atoms with Gasteiger partial charge in [0, 0.05) is 12.8 Å². The van der Waals surface area contributed by atoms with Crippen molar-refractivity contribution in [3.63, 3.8) is 0 Å². The molecule has 2 rings (SSSR count). The lowest BCUT2D eigenvalue weighted by Gasteiger charge is -2.09. The number of benzene rings is 1. The molecule has 2 amide bonds. The van der Waals surface area contributed by atoms with E-state index in [-0.39, 0.29) is 18.9 Å². The topological polar surface area (TPSA) is 80.6 Å². The molecule has 22 heavy (non-hydrogen) atoms. The van der Waals surface area contributed by atoms with Crippen LogP contribution in [0.4, 0.5) is 0 Å². The lowest BCUT2D eigenvalue weighted by molar-refractivity contribution is -0.130. The third kappa shape index (κ3) is 5.32. The predicted molar refractivity (Wildman–Crippen MR) is 80.0 cm³/mol. The van der Waals surface area contributed by atoms with E-state index in [1.165, 1.54) is 0 Å². The first-order valence-corrected chi connectivity index (χ1v) is 6.93. The van der Waals surface area contributed by atoms with Crippen molar-refractivity contribution in [2.45, 2.75) is 19.8 Å². The summed E-state index contributed by atoms with van der Waals surface area (Å²) < 4.78 is 10.4. The molecule has 2 N–H and O–H groups in total. The molecule has 0 aliphatic rings. The first-order valence-electron chi connectivity index (χ1n) is 6.93. The van der Waals surface area contributed by atoms with Crippen molar-refractivity contribution in [3.05, 3.63) is 54.0 Å². The minimum atomic E-state index is -0.423. The molecule has 1 aromatic heterocycles. The standard InChI is InChI=1S/C16H18N2O4/c1-12-4-2-5-14(10-12)22-11-16(20)18-17-15(19)8-7-13-6-3-9-21-13/h2-6,9-10H,7-8,11H2,1H3,(H,17,19)(H,18,20). The molecule has 1 aromatic carbocycles. The minimum Gasteiger partial charge on any atom is -0.484 e. The fraction of sp³-hybridized carbons (Fsp3) is 0.250. The second kappa shape index (κ2) is 7.87. The fourth-order valence-electron chi connectivity index (χ4n) is 1.78. The van der Waals surface area contributed by atoms with Gasteiger partial charge in [0.05, 0.1) is 6.26 Å². The highest BCUT2D eigenvalue weighted by atomic mass is 16.5. The molecular formula is C16H18N2O4. The Balaban J connectivity index is 1.63. The van der Waals surface area contributed by atoms with Crippen LogP contribution >= 0.6 is 0 Å². The smallest absolute Gasteiger partial charge is 0.276 e. The van der Waals surface area contributed by atoms with Gasteiger partial charge in [0.1, 0.15) is 11.5 Å². The van der Waals surface area contributed by atoms with E-state index in [1.807, 2.05) is 25.1 Å². The first-order chi connectivity index (χ1) is 10.6. The van der Waals surface area contributed by atoms with Crippen molar-refractivity contribution in [2.24, 2.45) is 0 Å². The highest BCUT2D eigenvalue weighted by molar-refractivity contribution is 5.82. The molecule has 0 unspecified atom stereocenters. The average molecular weight is 302 g/mol. The quantitative estimate of drug-likeness (QED) is 0.797. The van der Waals surface area contributed by atoms with Gasteiger partial charge in [-0.1, -0.05) is 12.1 Å². The molecule has 6 heteroatoms. The molecule has 1 heterocycles. The maximum Gasteiger partial charge on any atom is 0.276 e. The minimum absolute atomic E-state index is 0.165. The Bertz CT molecular complexity index is 623. The zero-order chi connectivity index (χ0) is 15.8. The van der Waals surface area contributed by atoms with E-state index < -0.39 is 5.91 Å². The van der Waals surface area contributed by atoms with Crippen molar-refractivity contribution in [3.8, 4) is 5.75 Å². The van der Waals surface area contributed by atoms with Crippen LogP contribution in [0, 0.1) is 6.92 Å². The summed E-state index contributed by atoms with van der Waals surface area (Å²) in [5, 5.41) is 0. The summed E-state index contributed by atoms with van der Waals surface area (Å²) in [6.07, 6.45) is 2.26. The number of carbonyl (C=O) groups excluding carboxylic acids is 2. The molecule has 0 spiro atoms. The lowest BCUT2D eigenvalue weighted by Crippen LogP contribution is -2.43. The molecule has 0 saturated carbocycles. The molecular weight excluding hydrogens is 284 g/mol. The third-order valence-electron chi connectivity index (χ3n) is 2.88. The van der Waals surface area contributed by atoms with Gasteiger partial charge in [0.15, 0.2) is 6.61 Å². The molecule has 6 nitrogen and oxygen atoms in total. The van der Waals surface area contributed by atoms with E-state index in [4.69, 9.17) is 9.15 Å². The normalized spacial score (nSPS) is 10.0. The number of furan rings is 1. The number of amides is 2. The molecule has 0 aliphatic heterocycles. The SMILES string of the molecule is Cc1cccc(OCC(=O)NNC(=O)CCc2ccco2)c1. The van der Waals surface area contributed by atoms with Gasteiger partial charge in [0.25, 0.3) is 5.91 Å². The summed E-state index contributed by atoms with van der Waals surface area (Å²) in [4.78, 5) is 23.1. The summed E-state index contributed by atoms with van der Waals surface area (Å²) in [5.41, 5.74) is 5.68. The van der Waals surface area contributed by atoms with Crippen LogP contribution in [0.15, 0.2) is 47.1 Å². The first kappa shape index (κ1) is 15.6. The van der Waals surface area contributed by atoms with Crippen molar-refractivity contribution in [2.75, 3.05) is 6.61 Å². The van der Waals surface area contributed by atoms with Crippen LogP contribution < -0.4 is 15.6 Å². The second-order valence-electron chi connectivity index (χ2n) is 4.78. The number of ether oxygens (including phenoxy) is 1. The largest absolute Gasteiger partial charge is 0.484 e. The van der Waals surface area contributed by atoms with E-state index in [0.717, 1.165) is 11.3 Å². The van der Waals surface area contributed by atoms with Crippen LogP contribution in [-0.2, 0) is 16.0 Å². The van der Waals surface area contributed by atoms with Gasteiger partial charge in [0.2, 0.25) is 5.91 Å². The van der Waals surface area contributed by atoms with Crippen LogP contribution in [0.3, 0.4) is 0 Å². The van der Waals surface area contributed by atoms with Gasteiger partial charge in [-0.25, -0.2) is 0 Å². The summed E-state index contributed by atoms with van der Waals surface area (Å²) in [6.45, 7) is 1.77. The third-order valence-corrected chi connectivity index (χ3v) is 2.88. The summed E-state index contributed by atoms with van der Waals surface area (Å²) in [5.74, 6) is 0.622.